The van der Waals surface area contributed by atoms with E-state index in [2.05, 4.69) is 0 Å². The molecule has 0 aliphatic heterocycles. The highest BCUT2D eigenvalue weighted by molar-refractivity contribution is 5.97. The summed E-state index contributed by atoms with van der Waals surface area (Å²) in [6.07, 6.45) is 6.86. The third-order valence-corrected chi connectivity index (χ3v) is 3.88. The maximum atomic E-state index is 12.4. The largest absolute Gasteiger partial charge is 0.395 e. The van der Waals surface area contributed by atoms with E-state index in [9.17, 15) is 10.1 Å². The molecule has 21 heavy (non-hydrogen) atoms. The molecule has 0 aromatic rings. The Labute approximate surface area is 126 Å². The number of aliphatic hydroxyl groups excluding tert-OH is 2. The Balaban J connectivity index is 2.76. The molecule has 0 radical (unpaired) electrons. The van der Waals surface area contributed by atoms with Gasteiger partial charge < -0.3 is 20.0 Å². The van der Waals surface area contributed by atoms with Gasteiger partial charge in [-0.15, -0.1) is 0 Å². The molecule has 0 atom stereocenters. The van der Waals surface area contributed by atoms with E-state index in [0.717, 1.165) is 25.7 Å². The molecule has 2 N–H and O–H groups in total. The van der Waals surface area contributed by atoms with Crippen LogP contribution in [0.3, 0.4) is 0 Å². The maximum Gasteiger partial charge on any atom is 0.265 e. The Morgan fingerprint density at radius 1 is 1.24 bits per heavy atom. The summed E-state index contributed by atoms with van der Waals surface area (Å²) in [6, 6.07) is 2.14. The van der Waals surface area contributed by atoms with Gasteiger partial charge in [-0.25, -0.2) is 0 Å². The molecular weight excluding hydrogens is 270 g/mol. The average Bonchev–Trinajstić information content (AvgIpc) is 2.52. The van der Waals surface area contributed by atoms with E-state index in [4.69, 9.17) is 10.2 Å². The van der Waals surface area contributed by atoms with Crippen molar-refractivity contribution in [3.05, 3.63) is 11.8 Å². The van der Waals surface area contributed by atoms with E-state index in [-0.39, 0.29) is 43.8 Å². The van der Waals surface area contributed by atoms with Crippen LogP contribution in [0.2, 0.25) is 0 Å². The van der Waals surface area contributed by atoms with Crippen molar-refractivity contribution in [2.24, 2.45) is 0 Å². The minimum atomic E-state index is -0.287. The fourth-order valence-electron chi connectivity index (χ4n) is 2.64. The zero-order chi connectivity index (χ0) is 15.7. The van der Waals surface area contributed by atoms with Gasteiger partial charge in [0.25, 0.3) is 5.91 Å². The standard InChI is InChI=1S/C15H25N3O3/c1-17(14-5-3-2-4-6-14)15(21)13(11-16)12-18(7-9-19)8-10-20/h12,14,19-20H,2-10H2,1H3/b13-12-. The number of nitriles is 1. The predicted octanol–water partition coefficient (Wildman–Crippen LogP) is 0.472. The Kier molecular flexibility index (Phi) is 7.80. The number of carbonyl (C=O) groups excluding carboxylic acids is 1. The molecule has 1 amide bonds. The van der Waals surface area contributed by atoms with Crippen molar-refractivity contribution < 1.29 is 15.0 Å². The van der Waals surface area contributed by atoms with Gasteiger partial charge in [0, 0.05) is 32.4 Å². The van der Waals surface area contributed by atoms with Gasteiger partial charge in [-0.3, -0.25) is 4.79 Å². The summed E-state index contributed by atoms with van der Waals surface area (Å²) in [7, 11) is 1.74. The Bertz CT molecular complexity index is 391. The number of likely N-dealkylation sites (N-methyl/N-ethyl adjacent to an activating group) is 1. The molecule has 1 fully saturated rings. The average molecular weight is 295 g/mol. The SMILES string of the molecule is CN(C(=O)/C(C#N)=C\N(CCO)CCO)C1CCCCC1. The number of amides is 1. The Hall–Kier alpha value is -1.58. The highest BCUT2D eigenvalue weighted by atomic mass is 16.3. The first-order valence-corrected chi connectivity index (χ1v) is 7.49. The van der Waals surface area contributed by atoms with Crippen LogP contribution in [0.15, 0.2) is 11.8 Å². The van der Waals surface area contributed by atoms with Crippen LogP contribution in [-0.4, -0.2) is 65.3 Å². The van der Waals surface area contributed by atoms with Gasteiger partial charge in [-0.1, -0.05) is 19.3 Å². The molecule has 1 rings (SSSR count). The number of aliphatic hydroxyl groups is 2. The van der Waals surface area contributed by atoms with Crippen molar-refractivity contribution in [3.63, 3.8) is 0 Å². The van der Waals surface area contributed by atoms with E-state index in [0.29, 0.717) is 0 Å². The van der Waals surface area contributed by atoms with Gasteiger partial charge in [0.1, 0.15) is 11.6 Å². The molecule has 0 aromatic carbocycles. The van der Waals surface area contributed by atoms with Gasteiger partial charge in [-0.2, -0.15) is 5.26 Å². The predicted molar refractivity (Wildman–Crippen MR) is 79.1 cm³/mol. The lowest BCUT2D eigenvalue weighted by Crippen LogP contribution is -2.39. The third-order valence-electron chi connectivity index (χ3n) is 3.88. The van der Waals surface area contributed by atoms with Crippen molar-refractivity contribution in [2.45, 2.75) is 38.1 Å². The number of nitrogens with zero attached hydrogens (tertiary/aromatic N) is 3. The van der Waals surface area contributed by atoms with Crippen LogP contribution in [-0.2, 0) is 4.79 Å². The molecule has 0 unspecified atom stereocenters. The minimum Gasteiger partial charge on any atom is -0.395 e. The minimum absolute atomic E-state index is 0.0463. The highest BCUT2D eigenvalue weighted by Gasteiger charge is 2.24. The summed E-state index contributed by atoms with van der Waals surface area (Å²) < 4.78 is 0. The molecule has 0 heterocycles. The highest BCUT2D eigenvalue weighted by Crippen LogP contribution is 2.22. The first kappa shape index (κ1) is 17.5. The van der Waals surface area contributed by atoms with Crippen molar-refractivity contribution in [2.75, 3.05) is 33.4 Å². The molecule has 1 aliphatic rings. The van der Waals surface area contributed by atoms with Crippen LogP contribution >= 0.6 is 0 Å². The van der Waals surface area contributed by atoms with Crippen molar-refractivity contribution in [3.8, 4) is 6.07 Å². The molecular formula is C15H25N3O3. The first-order chi connectivity index (χ1) is 10.1. The van der Waals surface area contributed by atoms with Crippen LogP contribution in [0.4, 0.5) is 0 Å². The quantitative estimate of drug-likeness (QED) is 0.526. The second kappa shape index (κ2) is 9.37. The van der Waals surface area contributed by atoms with Crippen LogP contribution in [0.5, 0.6) is 0 Å². The molecule has 6 heteroatoms. The van der Waals surface area contributed by atoms with E-state index in [1.54, 1.807) is 16.8 Å². The summed E-state index contributed by atoms with van der Waals surface area (Å²) >= 11 is 0. The maximum absolute atomic E-state index is 12.4. The zero-order valence-corrected chi connectivity index (χ0v) is 12.7. The second-order valence-electron chi connectivity index (χ2n) is 5.35. The smallest absolute Gasteiger partial charge is 0.265 e. The van der Waals surface area contributed by atoms with Crippen LogP contribution in [0.25, 0.3) is 0 Å². The summed E-state index contributed by atoms with van der Waals surface area (Å²) in [5, 5.41) is 27.2. The van der Waals surface area contributed by atoms with E-state index < -0.39 is 0 Å². The van der Waals surface area contributed by atoms with Crippen molar-refractivity contribution >= 4 is 5.91 Å². The number of carbonyl (C=O) groups is 1. The molecule has 0 aromatic heterocycles. The van der Waals surface area contributed by atoms with Crippen molar-refractivity contribution in [1.82, 2.24) is 9.80 Å². The van der Waals surface area contributed by atoms with E-state index >= 15 is 0 Å². The molecule has 0 bridgehead atoms. The molecule has 1 saturated carbocycles. The second-order valence-corrected chi connectivity index (χ2v) is 5.35. The first-order valence-electron chi connectivity index (χ1n) is 7.49. The fourth-order valence-corrected chi connectivity index (χ4v) is 2.64. The Morgan fingerprint density at radius 3 is 2.29 bits per heavy atom. The van der Waals surface area contributed by atoms with Crippen LogP contribution in [0, 0.1) is 11.3 Å². The lowest BCUT2D eigenvalue weighted by Gasteiger charge is -2.31. The van der Waals surface area contributed by atoms with Gasteiger partial charge >= 0.3 is 0 Å². The molecule has 0 spiro atoms. The number of hydrogen-bond donors (Lipinski definition) is 2. The third kappa shape index (κ3) is 5.37. The monoisotopic (exact) mass is 295 g/mol. The number of rotatable bonds is 7. The van der Waals surface area contributed by atoms with Gasteiger partial charge in [0.05, 0.1) is 13.2 Å². The van der Waals surface area contributed by atoms with Crippen LogP contribution < -0.4 is 0 Å². The summed E-state index contributed by atoms with van der Waals surface area (Å²) in [5.74, 6) is -0.287. The summed E-state index contributed by atoms with van der Waals surface area (Å²) in [5.41, 5.74) is 0.0463. The molecule has 0 saturated heterocycles. The van der Waals surface area contributed by atoms with Gasteiger partial charge in [-0.05, 0) is 12.8 Å². The summed E-state index contributed by atoms with van der Waals surface area (Å²) in [4.78, 5) is 15.6. The lowest BCUT2D eigenvalue weighted by molar-refractivity contribution is -0.128. The Morgan fingerprint density at radius 2 is 1.81 bits per heavy atom. The van der Waals surface area contributed by atoms with E-state index in [1.165, 1.54) is 12.6 Å². The topological polar surface area (TPSA) is 87.8 Å². The molecule has 1 aliphatic carbocycles. The van der Waals surface area contributed by atoms with Gasteiger partial charge in [0.2, 0.25) is 0 Å². The lowest BCUT2D eigenvalue weighted by atomic mass is 9.94. The molecule has 118 valence electrons. The zero-order valence-electron chi connectivity index (χ0n) is 12.7. The number of hydrogen-bond acceptors (Lipinski definition) is 5. The molecule has 6 nitrogen and oxygen atoms in total. The van der Waals surface area contributed by atoms with Gasteiger partial charge in [0.15, 0.2) is 0 Å². The van der Waals surface area contributed by atoms with Crippen molar-refractivity contribution in [1.29, 1.82) is 5.26 Å². The van der Waals surface area contributed by atoms with Crippen LogP contribution in [0.1, 0.15) is 32.1 Å². The summed E-state index contributed by atoms with van der Waals surface area (Å²) in [6.45, 7) is 0.377. The normalized spacial score (nSPS) is 16.4. The fraction of sp³-hybridized carbons (Fsp3) is 0.733. The van der Waals surface area contributed by atoms with E-state index in [1.807, 2.05) is 6.07 Å².